The summed E-state index contributed by atoms with van der Waals surface area (Å²) in [7, 11) is 0. The summed E-state index contributed by atoms with van der Waals surface area (Å²) in [5, 5.41) is 23.3. The minimum Gasteiger partial charge on any atom is -0.508 e. The van der Waals surface area contributed by atoms with Crippen molar-refractivity contribution < 1.29 is 14.6 Å². The van der Waals surface area contributed by atoms with Gasteiger partial charge >= 0.3 is 0 Å². The third-order valence-corrected chi connectivity index (χ3v) is 3.49. The summed E-state index contributed by atoms with van der Waals surface area (Å²) < 4.78 is 12.9. The molecule has 0 aliphatic heterocycles. The minimum atomic E-state index is -1.10. The number of halogens is 1. The maximum atomic E-state index is 12.9. The Hall–Kier alpha value is -1.91. The van der Waals surface area contributed by atoms with Crippen LogP contribution in [0, 0.1) is 12.7 Å². The van der Waals surface area contributed by atoms with Crippen LogP contribution in [0.5, 0.6) is 5.75 Å². The molecular weight excluding hydrogens is 269 g/mol. The van der Waals surface area contributed by atoms with Gasteiger partial charge in [-0.15, -0.1) is 0 Å². The first-order chi connectivity index (χ1) is 9.88. The Bertz CT molecular complexity index is 609. The zero-order valence-electron chi connectivity index (χ0n) is 12.2. The van der Waals surface area contributed by atoms with Gasteiger partial charge < -0.3 is 15.5 Å². The Morgan fingerprint density at radius 2 is 1.81 bits per heavy atom. The fourth-order valence-corrected chi connectivity index (χ4v) is 2.21. The molecule has 4 heteroatoms. The molecule has 2 rings (SSSR count). The van der Waals surface area contributed by atoms with Crippen LogP contribution in [0.2, 0.25) is 0 Å². The summed E-state index contributed by atoms with van der Waals surface area (Å²) in [6.45, 7) is 4.37. The summed E-state index contributed by atoms with van der Waals surface area (Å²) in [5.41, 5.74) is 1.39. The molecule has 0 saturated carbocycles. The van der Waals surface area contributed by atoms with Gasteiger partial charge in [-0.2, -0.15) is 0 Å². The molecule has 0 radical (unpaired) electrons. The second-order valence-electron chi connectivity index (χ2n) is 5.52. The van der Waals surface area contributed by atoms with Crippen LogP contribution in [0.1, 0.15) is 23.6 Å². The normalized spacial score (nSPS) is 13.9. The SMILES string of the molecule is Cc1ccc(O)c(CNCC(C)(O)c2ccc(F)cc2)c1. The lowest BCUT2D eigenvalue weighted by Crippen LogP contribution is -2.35. The van der Waals surface area contributed by atoms with Gasteiger partial charge in [0.2, 0.25) is 0 Å². The highest BCUT2D eigenvalue weighted by Gasteiger charge is 2.22. The van der Waals surface area contributed by atoms with Gasteiger partial charge in [-0.05, 0) is 37.6 Å². The van der Waals surface area contributed by atoms with E-state index in [1.165, 1.54) is 12.1 Å². The van der Waals surface area contributed by atoms with E-state index in [0.29, 0.717) is 18.7 Å². The van der Waals surface area contributed by atoms with E-state index in [2.05, 4.69) is 5.32 Å². The van der Waals surface area contributed by atoms with E-state index >= 15 is 0 Å². The Morgan fingerprint density at radius 3 is 2.48 bits per heavy atom. The van der Waals surface area contributed by atoms with Crippen LogP contribution in [-0.4, -0.2) is 16.8 Å². The van der Waals surface area contributed by atoms with Gasteiger partial charge in [0.05, 0.1) is 5.60 Å². The molecule has 3 N–H and O–H groups in total. The predicted molar refractivity (Wildman–Crippen MR) is 80.5 cm³/mol. The minimum absolute atomic E-state index is 0.231. The van der Waals surface area contributed by atoms with E-state index in [1.807, 2.05) is 19.1 Å². The molecule has 112 valence electrons. The Balaban J connectivity index is 1.98. The third-order valence-electron chi connectivity index (χ3n) is 3.49. The molecule has 1 atom stereocenters. The topological polar surface area (TPSA) is 52.5 Å². The number of hydrogen-bond acceptors (Lipinski definition) is 3. The van der Waals surface area contributed by atoms with E-state index in [9.17, 15) is 14.6 Å². The van der Waals surface area contributed by atoms with E-state index < -0.39 is 5.60 Å². The molecule has 0 heterocycles. The molecule has 0 saturated heterocycles. The standard InChI is InChI=1S/C17H20FNO2/c1-12-3-8-16(20)13(9-12)10-19-11-17(2,21)14-4-6-15(18)7-5-14/h3-9,19-21H,10-11H2,1-2H3. The number of aliphatic hydroxyl groups is 1. The van der Waals surface area contributed by atoms with E-state index in [-0.39, 0.29) is 11.6 Å². The maximum Gasteiger partial charge on any atom is 0.123 e. The average Bonchev–Trinajstić information content (AvgIpc) is 2.43. The van der Waals surface area contributed by atoms with Gasteiger partial charge in [0.15, 0.2) is 0 Å². The Kier molecular flexibility index (Phi) is 4.60. The zero-order chi connectivity index (χ0) is 15.5. The molecule has 0 aliphatic rings. The van der Waals surface area contributed by atoms with Crippen LogP contribution in [-0.2, 0) is 12.1 Å². The van der Waals surface area contributed by atoms with Crippen molar-refractivity contribution >= 4 is 0 Å². The lowest BCUT2D eigenvalue weighted by atomic mass is 9.96. The molecular formula is C17H20FNO2. The molecule has 0 amide bonds. The van der Waals surface area contributed by atoms with Gasteiger partial charge in [0, 0.05) is 18.7 Å². The van der Waals surface area contributed by atoms with Crippen molar-refractivity contribution in [3.05, 3.63) is 65.0 Å². The molecule has 3 nitrogen and oxygen atoms in total. The van der Waals surface area contributed by atoms with Crippen LogP contribution in [0.25, 0.3) is 0 Å². The molecule has 0 fully saturated rings. The summed E-state index contributed by atoms with van der Waals surface area (Å²) in [5.74, 6) is -0.0956. The van der Waals surface area contributed by atoms with E-state index in [1.54, 1.807) is 25.1 Å². The molecule has 0 aliphatic carbocycles. The Labute approximate surface area is 124 Å². The largest absolute Gasteiger partial charge is 0.508 e. The number of benzene rings is 2. The number of aryl methyl sites for hydroxylation is 1. The molecule has 21 heavy (non-hydrogen) atoms. The lowest BCUT2D eigenvalue weighted by Gasteiger charge is -2.24. The zero-order valence-corrected chi connectivity index (χ0v) is 12.2. The van der Waals surface area contributed by atoms with Gasteiger partial charge in [-0.1, -0.05) is 29.8 Å². The van der Waals surface area contributed by atoms with Crippen molar-refractivity contribution in [3.63, 3.8) is 0 Å². The van der Waals surface area contributed by atoms with Gasteiger partial charge in [-0.25, -0.2) is 4.39 Å². The molecule has 2 aromatic carbocycles. The van der Waals surface area contributed by atoms with Gasteiger partial charge in [0.1, 0.15) is 11.6 Å². The molecule has 1 unspecified atom stereocenters. The second-order valence-corrected chi connectivity index (χ2v) is 5.52. The monoisotopic (exact) mass is 289 g/mol. The quantitative estimate of drug-likeness (QED) is 0.793. The van der Waals surface area contributed by atoms with Gasteiger partial charge in [-0.3, -0.25) is 0 Å². The third kappa shape index (κ3) is 4.03. The fraction of sp³-hybridized carbons (Fsp3) is 0.294. The Morgan fingerprint density at radius 1 is 1.14 bits per heavy atom. The molecule has 0 bridgehead atoms. The summed E-state index contributed by atoms with van der Waals surface area (Å²) in [6.07, 6.45) is 0. The van der Waals surface area contributed by atoms with Crippen LogP contribution in [0.4, 0.5) is 4.39 Å². The highest BCUT2D eigenvalue weighted by molar-refractivity contribution is 5.35. The molecule has 0 aromatic heterocycles. The second kappa shape index (κ2) is 6.24. The van der Waals surface area contributed by atoms with Crippen molar-refractivity contribution in [2.24, 2.45) is 0 Å². The van der Waals surface area contributed by atoms with Crippen molar-refractivity contribution in [2.75, 3.05) is 6.54 Å². The lowest BCUT2D eigenvalue weighted by molar-refractivity contribution is 0.0565. The van der Waals surface area contributed by atoms with E-state index in [0.717, 1.165) is 11.1 Å². The van der Waals surface area contributed by atoms with Crippen LogP contribution in [0.15, 0.2) is 42.5 Å². The number of aromatic hydroxyl groups is 1. The van der Waals surface area contributed by atoms with Crippen LogP contribution < -0.4 is 5.32 Å². The fourth-order valence-electron chi connectivity index (χ4n) is 2.21. The maximum absolute atomic E-state index is 12.9. The molecule has 2 aromatic rings. The summed E-state index contributed by atoms with van der Waals surface area (Å²) in [6, 6.07) is 11.2. The average molecular weight is 289 g/mol. The summed E-state index contributed by atoms with van der Waals surface area (Å²) in [4.78, 5) is 0. The van der Waals surface area contributed by atoms with Crippen LogP contribution in [0.3, 0.4) is 0 Å². The van der Waals surface area contributed by atoms with Gasteiger partial charge in [0.25, 0.3) is 0 Å². The van der Waals surface area contributed by atoms with Crippen molar-refractivity contribution in [1.29, 1.82) is 0 Å². The first-order valence-corrected chi connectivity index (χ1v) is 6.86. The first kappa shape index (κ1) is 15.5. The number of phenols is 1. The summed E-state index contributed by atoms with van der Waals surface area (Å²) >= 11 is 0. The number of nitrogens with one attached hydrogen (secondary N) is 1. The highest BCUT2D eigenvalue weighted by Crippen LogP contribution is 2.21. The van der Waals surface area contributed by atoms with Crippen LogP contribution >= 0.6 is 0 Å². The van der Waals surface area contributed by atoms with Crippen molar-refractivity contribution in [3.8, 4) is 5.75 Å². The smallest absolute Gasteiger partial charge is 0.123 e. The number of rotatable bonds is 5. The number of phenolic OH excluding ortho intramolecular Hbond substituents is 1. The first-order valence-electron chi connectivity index (χ1n) is 6.86. The highest BCUT2D eigenvalue weighted by atomic mass is 19.1. The molecule has 0 spiro atoms. The number of hydrogen-bond donors (Lipinski definition) is 3. The predicted octanol–water partition coefficient (Wildman–Crippen LogP) is 2.84. The van der Waals surface area contributed by atoms with E-state index in [4.69, 9.17) is 0 Å². The van der Waals surface area contributed by atoms with Crippen molar-refractivity contribution in [1.82, 2.24) is 5.32 Å². The van der Waals surface area contributed by atoms with Crippen molar-refractivity contribution in [2.45, 2.75) is 26.0 Å².